The molecule has 0 aliphatic rings. The largest absolute Gasteiger partial charge is 0.256 e. The van der Waals surface area contributed by atoms with E-state index in [0.717, 1.165) is 16.5 Å². The molecule has 0 bridgehead atoms. The maximum atomic E-state index is 13.6. The predicted molar refractivity (Wildman–Crippen MR) is 65.7 cm³/mol. The number of aromatic nitrogens is 1. The molecule has 82 valence electrons. The van der Waals surface area contributed by atoms with E-state index in [1.807, 2.05) is 37.3 Å². The lowest BCUT2D eigenvalue weighted by molar-refractivity contribution is 0.607. The van der Waals surface area contributed by atoms with E-state index in [0.29, 0.717) is 12.0 Å². The van der Waals surface area contributed by atoms with Crippen LogP contribution in [-0.2, 0) is 0 Å². The number of fused-ring (bicyclic) bond motifs is 1. The SMILES string of the molecule is CC/C(F)=C(\C)c1nccc2ccccc12. The van der Waals surface area contributed by atoms with Gasteiger partial charge in [-0.05, 0) is 24.8 Å². The Morgan fingerprint density at radius 1 is 1.25 bits per heavy atom. The van der Waals surface area contributed by atoms with Gasteiger partial charge in [0.1, 0.15) is 5.83 Å². The Bertz CT molecular complexity index is 538. The molecule has 0 spiro atoms. The summed E-state index contributed by atoms with van der Waals surface area (Å²) in [5.41, 5.74) is 1.39. The van der Waals surface area contributed by atoms with Crippen molar-refractivity contribution in [2.75, 3.05) is 0 Å². The topological polar surface area (TPSA) is 12.9 Å². The van der Waals surface area contributed by atoms with Crippen LogP contribution in [0.3, 0.4) is 0 Å². The lowest BCUT2D eigenvalue weighted by Gasteiger charge is -2.06. The first-order valence-corrected chi connectivity index (χ1v) is 5.43. The minimum atomic E-state index is -0.0937. The highest BCUT2D eigenvalue weighted by molar-refractivity contribution is 5.91. The summed E-state index contributed by atoms with van der Waals surface area (Å²) in [6, 6.07) is 9.85. The summed E-state index contributed by atoms with van der Waals surface area (Å²) in [5.74, 6) is -0.0937. The quantitative estimate of drug-likeness (QED) is 0.726. The Morgan fingerprint density at radius 2 is 2.00 bits per heavy atom. The molecule has 0 N–H and O–H groups in total. The molecule has 0 saturated carbocycles. The molecule has 16 heavy (non-hydrogen) atoms. The van der Waals surface area contributed by atoms with Crippen LogP contribution in [0.2, 0.25) is 0 Å². The Balaban J connectivity index is 2.70. The van der Waals surface area contributed by atoms with Gasteiger partial charge in [0.05, 0.1) is 5.69 Å². The van der Waals surface area contributed by atoms with Gasteiger partial charge < -0.3 is 0 Å². The van der Waals surface area contributed by atoms with Crippen LogP contribution < -0.4 is 0 Å². The first-order valence-electron chi connectivity index (χ1n) is 5.43. The molecule has 1 aromatic heterocycles. The molecule has 2 heteroatoms. The van der Waals surface area contributed by atoms with Crippen LogP contribution in [-0.4, -0.2) is 4.98 Å². The van der Waals surface area contributed by atoms with Crippen molar-refractivity contribution in [3.05, 3.63) is 48.0 Å². The molecule has 2 rings (SSSR count). The van der Waals surface area contributed by atoms with Gasteiger partial charge in [0.2, 0.25) is 0 Å². The van der Waals surface area contributed by atoms with Crippen molar-refractivity contribution in [1.82, 2.24) is 4.98 Å². The minimum Gasteiger partial charge on any atom is -0.256 e. The maximum Gasteiger partial charge on any atom is 0.105 e. The van der Waals surface area contributed by atoms with Crippen molar-refractivity contribution in [1.29, 1.82) is 0 Å². The van der Waals surface area contributed by atoms with Crippen LogP contribution in [0.4, 0.5) is 4.39 Å². The summed E-state index contributed by atoms with van der Waals surface area (Å²) in [6.07, 6.45) is 2.14. The number of rotatable bonds is 2. The summed E-state index contributed by atoms with van der Waals surface area (Å²) in [5, 5.41) is 2.10. The third-order valence-electron chi connectivity index (χ3n) is 2.75. The Hall–Kier alpha value is -1.70. The summed E-state index contributed by atoms with van der Waals surface area (Å²) in [6.45, 7) is 3.59. The van der Waals surface area contributed by atoms with Crippen LogP contribution in [0.5, 0.6) is 0 Å². The Kier molecular flexibility index (Phi) is 3.00. The maximum absolute atomic E-state index is 13.6. The van der Waals surface area contributed by atoms with Gasteiger partial charge in [-0.25, -0.2) is 4.39 Å². The van der Waals surface area contributed by atoms with Crippen molar-refractivity contribution < 1.29 is 4.39 Å². The van der Waals surface area contributed by atoms with E-state index in [1.165, 1.54) is 0 Å². The zero-order valence-corrected chi connectivity index (χ0v) is 9.50. The molecule has 2 aromatic rings. The standard InChI is InChI=1S/C14H14FN/c1-3-13(15)10(2)14-12-7-5-4-6-11(12)8-9-16-14/h4-9H,3H2,1-2H3/b13-10-. The lowest BCUT2D eigenvalue weighted by atomic mass is 10.0. The molecule has 0 atom stereocenters. The number of benzene rings is 1. The zero-order valence-electron chi connectivity index (χ0n) is 9.50. The molecular formula is C14H14FN. The molecule has 0 saturated heterocycles. The van der Waals surface area contributed by atoms with Gasteiger partial charge in [0.25, 0.3) is 0 Å². The lowest BCUT2D eigenvalue weighted by Crippen LogP contribution is -1.90. The molecule has 1 heterocycles. The molecule has 1 nitrogen and oxygen atoms in total. The highest BCUT2D eigenvalue weighted by Gasteiger charge is 2.07. The van der Waals surface area contributed by atoms with E-state index >= 15 is 0 Å². The van der Waals surface area contributed by atoms with Crippen LogP contribution in [0, 0.1) is 0 Å². The summed E-state index contributed by atoms with van der Waals surface area (Å²) in [7, 11) is 0. The molecule has 0 radical (unpaired) electrons. The van der Waals surface area contributed by atoms with Gasteiger partial charge in [-0.2, -0.15) is 0 Å². The highest BCUT2D eigenvalue weighted by Crippen LogP contribution is 2.26. The second-order valence-electron chi connectivity index (χ2n) is 3.76. The number of allylic oxidation sites excluding steroid dienone is 2. The van der Waals surface area contributed by atoms with Crippen molar-refractivity contribution in [2.45, 2.75) is 20.3 Å². The second kappa shape index (κ2) is 4.44. The molecule has 0 fully saturated rings. The third-order valence-corrected chi connectivity index (χ3v) is 2.75. The number of halogens is 1. The van der Waals surface area contributed by atoms with Gasteiger partial charge >= 0.3 is 0 Å². The highest BCUT2D eigenvalue weighted by atomic mass is 19.1. The first-order chi connectivity index (χ1) is 7.74. The number of pyridine rings is 1. The van der Waals surface area contributed by atoms with Crippen molar-refractivity contribution in [3.63, 3.8) is 0 Å². The van der Waals surface area contributed by atoms with Gasteiger partial charge in [-0.3, -0.25) is 4.98 Å². The van der Waals surface area contributed by atoms with Gasteiger partial charge in [-0.15, -0.1) is 0 Å². The van der Waals surface area contributed by atoms with Gasteiger partial charge in [0.15, 0.2) is 0 Å². The average molecular weight is 215 g/mol. The van der Waals surface area contributed by atoms with Crippen LogP contribution in [0.15, 0.2) is 42.4 Å². The van der Waals surface area contributed by atoms with E-state index in [-0.39, 0.29) is 5.83 Å². The molecule has 0 aliphatic heterocycles. The fraction of sp³-hybridized carbons (Fsp3) is 0.214. The van der Waals surface area contributed by atoms with Crippen molar-refractivity contribution in [3.8, 4) is 0 Å². The van der Waals surface area contributed by atoms with Crippen molar-refractivity contribution in [2.24, 2.45) is 0 Å². The molecule has 0 unspecified atom stereocenters. The summed E-state index contributed by atoms with van der Waals surface area (Å²) >= 11 is 0. The second-order valence-corrected chi connectivity index (χ2v) is 3.76. The smallest absolute Gasteiger partial charge is 0.105 e. The number of hydrogen-bond donors (Lipinski definition) is 0. The predicted octanol–water partition coefficient (Wildman–Crippen LogP) is 4.35. The minimum absolute atomic E-state index is 0.0937. The van der Waals surface area contributed by atoms with Gasteiger partial charge in [-0.1, -0.05) is 31.2 Å². The van der Waals surface area contributed by atoms with E-state index < -0.39 is 0 Å². The van der Waals surface area contributed by atoms with E-state index in [4.69, 9.17) is 0 Å². The Morgan fingerprint density at radius 3 is 2.75 bits per heavy atom. The molecule has 1 aromatic carbocycles. The van der Waals surface area contributed by atoms with Crippen LogP contribution in [0.1, 0.15) is 26.0 Å². The fourth-order valence-corrected chi connectivity index (χ4v) is 1.81. The fourth-order valence-electron chi connectivity index (χ4n) is 1.81. The normalized spacial score (nSPS) is 12.7. The average Bonchev–Trinajstić information content (AvgIpc) is 2.36. The molecule has 0 aliphatic carbocycles. The molecule has 0 amide bonds. The van der Waals surface area contributed by atoms with Crippen LogP contribution in [0.25, 0.3) is 16.3 Å². The van der Waals surface area contributed by atoms with E-state index in [1.54, 1.807) is 13.1 Å². The first kappa shape index (κ1) is 10.8. The van der Waals surface area contributed by atoms with Crippen molar-refractivity contribution >= 4 is 16.3 Å². The zero-order chi connectivity index (χ0) is 11.5. The Labute approximate surface area is 94.6 Å². The van der Waals surface area contributed by atoms with Crippen LogP contribution >= 0.6 is 0 Å². The summed E-state index contributed by atoms with van der Waals surface area (Å²) < 4.78 is 13.6. The summed E-state index contributed by atoms with van der Waals surface area (Å²) in [4.78, 5) is 4.28. The molecular weight excluding hydrogens is 201 g/mol. The van der Waals surface area contributed by atoms with E-state index in [9.17, 15) is 4.39 Å². The number of hydrogen-bond acceptors (Lipinski definition) is 1. The van der Waals surface area contributed by atoms with Gasteiger partial charge in [0, 0.05) is 17.2 Å². The number of nitrogens with zero attached hydrogens (tertiary/aromatic N) is 1. The monoisotopic (exact) mass is 215 g/mol. The third kappa shape index (κ3) is 1.83. The van der Waals surface area contributed by atoms with E-state index in [2.05, 4.69) is 4.98 Å².